The number of carbonyl (C=O) groups excluding carboxylic acids is 9. The average Bonchev–Trinajstić information content (AvgIpc) is 4.00. The number of aromatic nitrogens is 1. The number of fused-ring (bicyclic) bond motifs is 1. The van der Waals surface area contributed by atoms with E-state index in [9.17, 15) is 78.6 Å². The Morgan fingerprint density at radius 1 is 0.488 bits per heavy atom. The van der Waals surface area contributed by atoms with Gasteiger partial charge in [-0.1, -0.05) is 91.0 Å². The second kappa shape index (κ2) is 34.1. The summed E-state index contributed by atoms with van der Waals surface area (Å²) in [7, 11) is 0. The number of thioether (sulfide) groups is 1. The van der Waals surface area contributed by atoms with E-state index < -0.39 is 146 Å². The van der Waals surface area contributed by atoms with Crippen LogP contribution >= 0.6 is 11.8 Å². The van der Waals surface area contributed by atoms with Crippen molar-refractivity contribution in [3.8, 4) is 5.75 Å². The smallest absolute Gasteiger partial charge is 0.328 e. The number of hydrogen-bond acceptors (Lipinski definition) is 17. The topological polar surface area (TPSA) is 442 Å². The van der Waals surface area contributed by atoms with Crippen LogP contribution in [0.4, 0.5) is 0 Å². The number of phenolic OH excluding ortho intramolecular Hbond substituents is 1. The molecule has 0 aliphatic carbocycles. The molecule has 0 radical (unpaired) electrons. The lowest BCUT2D eigenvalue weighted by atomic mass is 10.0. The lowest BCUT2D eigenvalue weighted by Gasteiger charge is -2.28. The maximum atomic E-state index is 14.6. The van der Waals surface area contributed by atoms with E-state index in [1.165, 1.54) is 43.0 Å². The Kier molecular flexibility index (Phi) is 26.9. The van der Waals surface area contributed by atoms with Crippen molar-refractivity contribution in [3.63, 3.8) is 0 Å². The molecule has 0 spiro atoms. The third-order valence-electron chi connectivity index (χ3n) is 13.5. The standard InChI is InChI=1S/C58H73N11O16S/c1-32(73)49(69-54(80)41(61-48(75)27-59)23-33-11-5-3-6-12-33)57(83)65-43(24-34-13-7-4-8-14-34)52(78)66-46(30-71)56(82)67-45(29-70)55(81)63-42(25-35-17-19-37(74)20-18-35)51(77)64-44(26-36-28-60-39-16-10-9-15-38(36)39)53(79)62-40(21-22-86-2)50(76)68-47(31-72)58(84)85/h3-20,28,32,40-47,49,60,70-74H,21-27,29-31,59H2,1-2H3,(H,61,75)(H,62,79)(H,63,81)(H,64,77)(H,65,83)(H,66,78)(H,67,82)(H,68,76)(H,69,80)(H,84,85)/t32-,40+,41+,42+,43+,44+,45+,46+,47+,49+/m1/s1. The predicted molar refractivity (Wildman–Crippen MR) is 314 cm³/mol. The largest absolute Gasteiger partial charge is 0.508 e. The Balaban J connectivity index is 1.37. The number of carboxylic acids is 1. The van der Waals surface area contributed by atoms with Crippen molar-refractivity contribution >= 4 is 81.8 Å². The quantitative estimate of drug-likeness (QED) is 0.0191. The van der Waals surface area contributed by atoms with Crippen molar-refractivity contribution in [2.75, 3.05) is 38.4 Å². The Morgan fingerprint density at radius 2 is 0.884 bits per heavy atom. The molecule has 5 aromatic rings. The first-order valence-corrected chi connectivity index (χ1v) is 28.6. The van der Waals surface area contributed by atoms with Gasteiger partial charge in [-0.2, -0.15) is 11.8 Å². The highest BCUT2D eigenvalue weighted by Gasteiger charge is 2.37. The summed E-state index contributed by atoms with van der Waals surface area (Å²) in [6, 6.07) is 14.8. The molecule has 0 aliphatic heterocycles. The molecule has 0 unspecified atom stereocenters. The van der Waals surface area contributed by atoms with E-state index >= 15 is 0 Å². The molecule has 462 valence electrons. The molecule has 4 aromatic carbocycles. The normalized spacial score (nSPS) is 14.6. The van der Waals surface area contributed by atoms with Gasteiger partial charge >= 0.3 is 5.97 Å². The van der Waals surface area contributed by atoms with E-state index in [0.29, 0.717) is 38.9 Å². The van der Waals surface area contributed by atoms with E-state index in [1.54, 1.807) is 97.4 Å². The van der Waals surface area contributed by atoms with Gasteiger partial charge in [-0.05, 0) is 65.8 Å². The molecule has 18 N–H and O–H groups in total. The number of amides is 9. The minimum Gasteiger partial charge on any atom is -0.508 e. The van der Waals surface area contributed by atoms with Crippen LogP contribution in [-0.2, 0) is 73.6 Å². The summed E-state index contributed by atoms with van der Waals surface area (Å²) in [6.07, 6.45) is 0.928. The van der Waals surface area contributed by atoms with Gasteiger partial charge in [0.25, 0.3) is 0 Å². The fourth-order valence-electron chi connectivity index (χ4n) is 8.81. The monoisotopic (exact) mass is 1210 g/mol. The Morgan fingerprint density at radius 3 is 1.36 bits per heavy atom. The van der Waals surface area contributed by atoms with Gasteiger partial charge in [-0.25, -0.2) is 4.79 Å². The number of carboxylic acid groups (broad SMARTS) is 1. The van der Waals surface area contributed by atoms with Gasteiger partial charge in [0, 0.05) is 42.8 Å². The number of rotatable bonds is 34. The second-order valence-corrected chi connectivity index (χ2v) is 20.9. The fraction of sp³-hybridized carbons (Fsp3) is 0.379. The summed E-state index contributed by atoms with van der Waals surface area (Å²) in [4.78, 5) is 140. The van der Waals surface area contributed by atoms with Crippen LogP contribution in [0.5, 0.6) is 5.75 Å². The summed E-state index contributed by atoms with van der Waals surface area (Å²) in [5, 5.41) is 83.5. The van der Waals surface area contributed by atoms with Crippen molar-refractivity contribution in [2.45, 2.75) is 99.5 Å². The highest BCUT2D eigenvalue weighted by molar-refractivity contribution is 7.98. The molecule has 1 heterocycles. The zero-order chi connectivity index (χ0) is 62.9. The number of aliphatic carboxylic acids is 1. The van der Waals surface area contributed by atoms with Crippen molar-refractivity contribution in [3.05, 3.63) is 138 Å². The molecule has 10 atom stereocenters. The highest BCUT2D eigenvalue weighted by atomic mass is 32.2. The van der Waals surface area contributed by atoms with Crippen molar-refractivity contribution < 1.29 is 78.6 Å². The second-order valence-electron chi connectivity index (χ2n) is 20.0. The highest BCUT2D eigenvalue weighted by Crippen LogP contribution is 2.20. The Bertz CT molecular complexity index is 3100. The molecule has 0 aliphatic rings. The average molecular weight is 1210 g/mol. The molecule has 28 heteroatoms. The number of aromatic amines is 1. The summed E-state index contributed by atoms with van der Waals surface area (Å²) >= 11 is 1.32. The number of H-pyrrole nitrogens is 1. The van der Waals surface area contributed by atoms with Gasteiger partial charge in [-0.3, -0.25) is 43.2 Å². The third-order valence-corrected chi connectivity index (χ3v) is 14.2. The van der Waals surface area contributed by atoms with E-state index in [1.807, 2.05) is 0 Å². The van der Waals surface area contributed by atoms with Crippen LogP contribution < -0.4 is 53.6 Å². The number of aliphatic hydroxyl groups excluding tert-OH is 4. The van der Waals surface area contributed by atoms with Crippen LogP contribution in [0.1, 0.15) is 35.6 Å². The molecule has 9 amide bonds. The van der Waals surface area contributed by atoms with Crippen LogP contribution in [-0.4, -0.2) is 194 Å². The molecule has 0 fully saturated rings. The molecule has 27 nitrogen and oxygen atoms in total. The lowest BCUT2D eigenvalue weighted by Crippen LogP contribution is -2.62. The first kappa shape index (κ1) is 67.9. The third kappa shape index (κ3) is 20.7. The number of nitrogens with one attached hydrogen (secondary N) is 10. The van der Waals surface area contributed by atoms with E-state index in [4.69, 9.17) is 5.73 Å². The minimum atomic E-state index is -1.89. The number of hydrogen-bond donors (Lipinski definition) is 17. The molecule has 86 heavy (non-hydrogen) atoms. The number of para-hydroxylation sites is 1. The molecule has 0 bridgehead atoms. The van der Waals surface area contributed by atoms with Gasteiger partial charge in [0.05, 0.1) is 32.5 Å². The van der Waals surface area contributed by atoms with Crippen LogP contribution in [0.2, 0.25) is 0 Å². The number of benzene rings is 4. The predicted octanol–water partition coefficient (Wildman–Crippen LogP) is -3.34. The molecular weight excluding hydrogens is 1140 g/mol. The van der Waals surface area contributed by atoms with Gasteiger partial charge in [-0.15, -0.1) is 0 Å². The van der Waals surface area contributed by atoms with E-state index in [2.05, 4.69) is 52.8 Å². The van der Waals surface area contributed by atoms with Crippen LogP contribution in [0, 0.1) is 0 Å². The van der Waals surface area contributed by atoms with Gasteiger partial charge in [0.2, 0.25) is 53.2 Å². The van der Waals surface area contributed by atoms with Crippen LogP contribution in [0.25, 0.3) is 10.9 Å². The maximum Gasteiger partial charge on any atom is 0.328 e. The van der Waals surface area contributed by atoms with E-state index in [-0.39, 0.29) is 37.9 Å². The van der Waals surface area contributed by atoms with Crippen molar-refractivity contribution in [1.82, 2.24) is 52.8 Å². The molecular formula is C58H73N11O16S. The SMILES string of the molecule is CSCC[C@H](NC(=O)[C@H](Cc1c[nH]c2ccccc12)NC(=O)[C@H](Cc1ccc(O)cc1)NC(=O)[C@H](CO)NC(=O)[C@H](CO)NC(=O)[C@H](Cc1ccccc1)NC(=O)[C@@H](NC(=O)[C@H](Cc1ccccc1)NC(=O)CN)[C@@H](C)O)C(=O)N[C@@H](CO)C(=O)O. The number of phenols is 1. The molecule has 5 rings (SSSR count). The number of nitrogens with two attached hydrogens (primary N) is 1. The molecule has 0 saturated heterocycles. The summed E-state index contributed by atoms with van der Waals surface area (Å²) < 4.78 is 0. The minimum absolute atomic E-state index is 0.00809. The van der Waals surface area contributed by atoms with Gasteiger partial charge in [0.15, 0.2) is 0 Å². The van der Waals surface area contributed by atoms with E-state index in [0.717, 1.165) is 0 Å². The Hall–Kier alpha value is -8.93. The van der Waals surface area contributed by atoms with Crippen LogP contribution in [0.15, 0.2) is 115 Å². The van der Waals surface area contributed by atoms with Gasteiger partial charge < -0.3 is 89.2 Å². The first-order valence-electron chi connectivity index (χ1n) is 27.2. The molecule has 1 aromatic heterocycles. The van der Waals surface area contributed by atoms with Crippen molar-refractivity contribution in [1.29, 1.82) is 0 Å². The molecule has 0 saturated carbocycles. The lowest BCUT2D eigenvalue weighted by molar-refractivity contribution is -0.143. The zero-order valence-corrected chi connectivity index (χ0v) is 47.9. The maximum absolute atomic E-state index is 14.6. The zero-order valence-electron chi connectivity index (χ0n) is 47.1. The van der Waals surface area contributed by atoms with Gasteiger partial charge in [0.1, 0.15) is 60.1 Å². The number of aromatic hydroxyl groups is 1. The summed E-state index contributed by atoms with van der Waals surface area (Å²) in [6.45, 7) is -2.45. The van der Waals surface area contributed by atoms with Crippen LogP contribution in [0.3, 0.4) is 0 Å². The Labute approximate surface area is 498 Å². The summed E-state index contributed by atoms with van der Waals surface area (Å²) in [5.41, 5.74) is 8.20. The number of aliphatic hydroxyl groups is 4. The first-order chi connectivity index (χ1) is 41.2. The van der Waals surface area contributed by atoms with Crippen molar-refractivity contribution in [2.24, 2.45) is 5.73 Å². The fourth-order valence-corrected chi connectivity index (χ4v) is 9.28. The summed E-state index contributed by atoms with van der Waals surface area (Å²) in [5.74, 6) is -10.3. The number of carbonyl (C=O) groups is 10.